The summed E-state index contributed by atoms with van der Waals surface area (Å²) in [7, 11) is 0. The Morgan fingerprint density at radius 1 is 1.16 bits per heavy atom. The summed E-state index contributed by atoms with van der Waals surface area (Å²) in [6.45, 7) is 8.96. The number of nitrogens with one attached hydrogen (secondary N) is 3. The molecule has 0 spiro atoms. The van der Waals surface area contributed by atoms with E-state index in [1.165, 1.54) is 31.1 Å². The number of aromatic hydroxyl groups is 1. The zero-order valence-electron chi connectivity index (χ0n) is 25.8. The lowest BCUT2D eigenvalue weighted by atomic mass is 9.99. The summed E-state index contributed by atoms with van der Waals surface area (Å²) in [6.07, 6.45) is 9.39. The Kier molecular flexibility index (Phi) is 11.4. The number of amides is 2. The molecule has 10 heteroatoms. The van der Waals surface area contributed by atoms with E-state index >= 15 is 0 Å². The molecule has 43 heavy (non-hydrogen) atoms. The first-order valence-corrected chi connectivity index (χ1v) is 16.3. The monoisotopic (exact) mass is 610 g/mol. The normalized spacial score (nSPS) is 15.5. The van der Waals surface area contributed by atoms with Crippen LogP contribution in [-0.4, -0.2) is 62.4 Å². The number of phenolic OH excluding ortho intramolecular Hbond substituents is 1. The number of unbranched alkanes of at least 4 members (excludes halogenated alkanes) is 1. The van der Waals surface area contributed by atoms with E-state index in [-0.39, 0.29) is 23.1 Å². The molecule has 1 fully saturated rings. The number of nitrogens with zero attached hydrogens (tertiary/aromatic N) is 1. The lowest BCUT2D eigenvalue weighted by Gasteiger charge is -2.30. The van der Waals surface area contributed by atoms with Gasteiger partial charge >= 0.3 is 0 Å². The number of furan rings is 1. The second-order valence-electron chi connectivity index (χ2n) is 12.6. The highest BCUT2D eigenvalue weighted by atomic mass is 32.2. The molecule has 3 aromatic rings. The molecule has 4 N–H and O–H groups in total. The predicted octanol–water partition coefficient (Wildman–Crippen LogP) is 6.70. The maximum absolute atomic E-state index is 12.8. The van der Waals surface area contributed by atoms with Gasteiger partial charge < -0.3 is 24.9 Å². The Labute approximate surface area is 258 Å². The number of ether oxygens (including phenoxy) is 1. The van der Waals surface area contributed by atoms with Gasteiger partial charge in [-0.3, -0.25) is 14.7 Å². The van der Waals surface area contributed by atoms with Crippen LogP contribution in [0.15, 0.2) is 47.1 Å². The maximum atomic E-state index is 12.8. The van der Waals surface area contributed by atoms with Crippen LogP contribution in [0.5, 0.6) is 5.75 Å². The van der Waals surface area contributed by atoms with Gasteiger partial charge in [0.15, 0.2) is 5.76 Å². The topological polar surface area (TPSA) is 129 Å². The van der Waals surface area contributed by atoms with Crippen LogP contribution in [0.2, 0.25) is 0 Å². The number of aromatic nitrogens is 2. The lowest BCUT2D eigenvalue weighted by Crippen LogP contribution is -2.44. The van der Waals surface area contributed by atoms with E-state index in [1.54, 1.807) is 30.5 Å². The third kappa shape index (κ3) is 10.2. The zero-order chi connectivity index (χ0) is 30.9. The number of phenols is 1. The largest absolute Gasteiger partial charge is 0.507 e. The van der Waals surface area contributed by atoms with Crippen LogP contribution in [0, 0.1) is 0 Å². The summed E-state index contributed by atoms with van der Waals surface area (Å²) in [6, 6.07) is 10.2. The Hall–Kier alpha value is -3.24. The summed E-state index contributed by atoms with van der Waals surface area (Å²) >= 11 is 2.08. The summed E-state index contributed by atoms with van der Waals surface area (Å²) < 4.78 is 11.5. The van der Waals surface area contributed by atoms with Crippen molar-refractivity contribution in [2.24, 2.45) is 0 Å². The van der Waals surface area contributed by atoms with Gasteiger partial charge in [-0.2, -0.15) is 16.9 Å². The second-order valence-corrected chi connectivity index (χ2v) is 14.0. The van der Waals surface area contributed by atoms with Gasteiger partial charge in [0.05, 0.1) is 17.6 Å². The lowest BCUT2D eigenvalue weighted by molar-refractivity contribution is -0.123. The first kappa shape index (κ1) is 32.7. The first-order chi connectivity index (χ1) is 20.5. The second kappa shape index (κ2) is 15.0. The molecule has 2 aromatic heterocycles. The molecule has 0 bridgehead atoms. The number of hydrogen-bond donors (Lipinski definition) is 4. The van der Waals surface area contributed by atoms with Crippen LogP contribution >= 0.6 is 11.8 Å². The van der Waals surface area contributed by atoms with Gasteiger partial charge in [-0.25, -0.2) is 0 Å². The molecule has 1 aliphatic rings. The van der Waals surface area contributed by atoms with Crippen molar-refractivity contribution in [3.05, 3.63) is 48.2 Å². The molecule has 0 radical (unpaired) electrons. The van der Waals surface area contributed by atoms with Crippen molar-refractivity contribution in [3.8, 4) is 28.5 Å². The Morgan fingerprint density at radius 2 is 2.00 bits per heavy atom. The Morgan fingerprint density at radius 3 is 2.72 bits per heavy atom. The zero-order valence-corrected chi connectivity index (χ0v) is 26.6. The molecular formula is C33H46N4O5S. The van der Waals surface area contributed by atoms with Crippen molar-refractivity contribution in [1.29, 1.82) is 0 Å². The number of rotatable bonds is 16. The molecule has 0 aliphatic carbocycles. The van der Waals surface area contributed by atoms with Crippen molar-refractivity contribution in [1.82, 2.24) is 20.8 Å². The van der Waals surface area contributed by atoms with E-state index in [1.807, 2.05) is 33.8 Å². The smallest absolute Gasteiger partial charge is 0.251 e. The molecule has 3 heterocycles. The van der Waals surface area contributed by atoms with Crippen LogP contribution in [0.25, 0.3) is 22.7 Å². The first-order valence-electron chi connectivity index (χ1n) is 15.3. The fraction of sp³-hybridized carbons (Fsp3) is 0.545. The summed E-state index contributed by atoms with van der Waals surface area (Å²) in [5, 5.41) is 24.6. The van der Waals surface area contributed by atoms with Crippen LogP contribution < -0.4 is 10.6 Å². The minimum Gasteiger partial charge on any atom is -0.507 e. The molecule has 1 saturated heterocycles. The van der Waals surface area contributed by atoms with Gasteiger partial charge in [-0.05, 0) is 108 Å². The van der Waals surface area contributed by atoms with E-state index in [2.05, 4.69) is 32.6 Å². The summed E-state index contributed by atoms with van der Waals surface area (Å²) in [4.78, 5) is 25.2. The van der Waals surface area contributed by atoms with Crippen LogP contribution in [-0.2, 0) is 9.53 Å². The fourth-order valence-electron chi connectivity index (χ4n) is 5.17. The number of carbonyl (C=O) groups excluding carboxylic acids is 2. The van der Waals surface area contributed by atoms with E-state index in [4.69, 9.17) is 9.15 Å². The molecular weight excluding hydrogens is 564 g/mol. The number of benzene rings is 1. The average Bonchev–Trinajstić information content (AvgIpc) is 3.73. The minimum atomic E-state index is -0.455. The number of carbonyl (C=O) groups is 2. The van der Waals surface area contributed by atoms with Crippen molar-refractivity contribution in [2.45, 2.75) is 95.5 Å². The van der Waals surface area contributed by atoms with Crippen molar-refractivity contribution < 1.29 is 23.8 Å². The molecule has 1 aliphatic heterocycles. The standard InChI is InChI=1S/C33H46N4O5S/c1-32(2,35-30(39)12-6-5-9-24-10-8-20-43-24)16-19-42-33(3,4)15-17-34-31(40)23-13-14-25(28(38)21-23)26-22-27(37-36-26)29-11-7-18-41-29/h7,11,13-14,18,21-22,24,38H,5-6,8-10,12,15-17,19-20H2,1-4H3,(H,34,40)(H,35,39)(H,36,37). The average molecular weight is 611 g/mol. The van der Waals surface area contributed by atoms with Gasteiger partial charge in [0.1, 0.15) is 11.4 Å². The molecule has 234 valence electrons. The third-order valence-corrected chi connectivity index (χ3v) is 9.28. The molecule has 2 amide bonds. The molecule has 4 rings (SSSR count). The highest BCUT2D eigenvalue weighted by molar-refractivity contribution is 8.00. The third-order valence-electron chi connectivity index (χ3n) is 7.81. The van der Waals surface area contributed by atoms with Gasteiger partial charge in [0, 0.05) is 41.5 Å². The number of aromatic amines is 1. The van der Waals surface area contributed by atoms with Gasteiger partial charge in [0.2, 0.25) is 5.91 Å². The van der Waals surface area contributed by atoms with Gasteiger partial charge in [-0.1, -0.05) is 6.42 Å². The van der Waals surface area contributed by atoms with E-state index < -0.39 is 5.60 Å². The highest BCUT2D eigenvalue weighted by Gasteiger charge is 2.24. The molecule has 9 nitrogen and oxygen atoms in total. The highest BCUT2D eigenvalue weighted by Crippen LogP contribution is 2.32. The predicted molar refractivity (Wildman–Crippen MR) is 171 cm³/mol. The molecule has 1 unspecified atom stereocenters. The number of thioether (sulfide) groups is 1. The molecule has 1 atom stereocenters. The van der Waals surface area contributed by atoms with Crippen LogP contribution in [0.1, 0.15) is 89.4 Å². The number of hydrogen-bond acceptors (Lipinski definition) is 7. The Bertz CT molecular complexity index is 1330. The van der Waals surface area contributed by atoms with Gasteiger partial charge in [-0.15, -0.1) is 0 Å². The quantitative estimate of drug-likeness (QED) is 0.133. The van der Waals surface area contributed by atoms with Crippen LogP contribution in [0.3, 0.4) is 0 Å². The van der Waals surface area contributed by atoms with E-state index in [0.717, 1.165) is 18.1 Å². The summed E-state index contributed by atoms with van der Waals surface area (Å²) in [5.74, 6) is 1.73. The van der Waals surface area contributed by atoms with Crippen LogP contribution in [0.4, 0.5) is 0 Å². The maximum Gasteiger partial charge on any atom is 0.251 e. The SMILES string of the molecule is CC(C)(CCOC(C)(C)CCNC(=O)c1ccc(-c2cc(-c3ccco3)[nH]n2)c(O)c1)NC(=O)CCCCC1CCCS1. The van der Waals surface area contributed by atoms with Crippen molar-refractivity contribution in [2.75, 3.05) is 18.9 Å². The van der Waals surface area contributed by atoms with Crippen molar-refractivity contribution in [3.63, 3.8) is 0 Å². The van der Waals surface area contributed by atoms with Crippen molar-refractivity contribution >= 4 is 23.6 Å². The fourth-order valence-corrected chi connectivity index (χ4v) is 6.51. The van der Waals surface area contributed by atoms with Gasteiger partial charge in [0.25, 0.3) is 5.91 Å². The summed E-state index contributed by atoms with van der Waals surface area (Å²) in [5.41, 5.74) is 1.30. The van der Waals surface area contributed by atoms with E-state index in [9.17, 15) is 14.7 Å². The molecule has 1 aromatic carbocycles. The molecule has 0 saturated carbocycles. The minimum absolute atomic E-state index is 0.0355. The number of H-pyrrole nitrogens is 1. The van der Waals surface area contributed by atoms with E-state index in [0.29, 0.717) is 60.7 Å². The Balaban J connectivity index is 1.14.